The minimum Gasteiger partial charge on any atom is -1.00 e. The van der Waals surface area contributed by atoms with Crippen molar-refractivity contribution in [1.29, 1.82) is 0 Å². The molecule has 0 aromatic carbocycles. The van der Waals surface area contributed by atoms with Crippen molar-refractivity contribution in [3.05, 3.63) is 0 Å². The van der Waals surface area contributed by atoms with Crippen molar-refractivity contribution in [2.75, 3.05) is 40.3 Å². The van der Waals surface area contributed by atoms with Crippen LogP contribution in [-0.4, -0.2) is 60.6 Å². The summed E-state index contributed by atoms with van der Waals surface area (Å²) in [5.74, 6) is 1.52. The van der Waals surface area contributed by atoms with E-state index >= 15 is 0 Å². The molecule has 0 saturated carbocycles. The van der Waals surface area contributed by atoms with Crippen LogP contribution in [0, 0.1) is 0 Å². The lowest BCUT2D eigenvalue weighted by Crippen LogP contribution is -3.00. The Morgan fingerprint density at radius 1 is 0.359 bits per heavy atom. The van der Waals surface area contributed by atoms with Gasteiger partial charge in [0, 0.05) is 0 Å². The maximum atomic E-state index is 2.80. The average molecular weight is 572 g/mol. The minimum atomic E-state index is 0. The molecule has 3 nitrogen and oxygen atoms in total. The topological polar surface area (TPSA) is 9.49 Å². The van der Waals surface area contributed by atoms with Gasteiger partial charge in [0.15, 0.2) is 0 Å². The van der Waals surface area contributed by atoms with Crippen molar-refractivity contribution in [1.82, 2.24) is 9.80 Å². The maximum absolute atomic E-state index is 2.80. The van der Waals surface area contributed by atoms with E-state index in [1.54, 1.807) is 0 Å². The van der Waals surface area contributed by atoms with E-state index in [2.05, 4.69) is 56.2 Å². The zero-order chi connectivity index (χ0) is 28.1. The monoisotopic (exact) mass is 572 g/mol. The van der Waals surface area contributed by atoms with Crippen LogP contribution < -0.4 is 12.4 Å². The zero-order valence-electron chi connectivity index (χ0n) is 28.0. The predicted molar refractivity (Wildman–Crippen MR) is 174 cm³/mol. The highest BCUT2D eigenvalue weighted by Crippen LogP contribution is 2.14. The van der Waals surface area contributed by atoms with E-state index in [1.165, 1.54) is 186 Å². The Kier molecular flexibility index (Phi) is 33.5. The lowest BCUT2D eigenvalue weighted by Gasteiger charge is -2.30. The molecule has 0 aliphatic rings. The highest BCUT2D eigenvalue weighted by Gasteiger charge is 2.26. The van der Waals surface area contributed by atoms with Crippen LogP contribution in [0.1, 0.15) is 182 Å². The summed E-state index contributed by atoms with van der Waals surface area (Å²) in [7, 11) is 4.61. The Hall–Kier alpha value is -0.440. The van der Waals surface area contributed by atoms with Gasteiger partial charge in [-0.05, 0) is 25.7 Å². The van der Waals surface area contributed by atoms with E-state index in [0.717, 1.165) is 0 Å². The summed E-state index contributed by atoms with van der Waals surface area (Å²) in [6.45, 7) is 14.2. The number of unbranched alkanes of at least 4 members (excludes halogenated alkanes) is 20. The van der Waals surface area contributed by atoms with Gasteiger partial charge in [0.1, 0.15) is 0 Å². The van der Waals surface area contributed by atoms with Gasteiger partial charge in [-0.1, -0.05) is 156 Å². The Balaban J connectivity index is 0. The van der Waals surface area contributed by atoms with Crippen molar-refractivity contribution >= 4 is 5.96 Å². The molecule has 0 aromatic rings. The summed E-state index contributed by atoms with van der Waals surface area (Å²) in [5.41, 5.74) is 0. The van der Waals surface area contributed by atoms with Crippen LogP contribution in [0.2, 0.25) is 0 Å². The first-order valence-electron chi connectivity index (χ1n) is 17.7. The van der Waals surface area contributed by atoms with Crippen LogP contribution in [0.4, 0.5) is 0 Å². The normalized spacial score (nSPS) is 10.9. The van der Waals surface area contributed by atoms with Crippen molar-refractivity contribution < 1.29 is 17.0 Å². The van der Waals surface area contributed by atoms with E-state index in [0.29, 0.717) is 0 Å². The first-order chi connectivity index (χ1) is 18.6. The fourth-order valence-electron chi connectivity index (χ4n) is 5.72. The number of halogens is 1. The van der Waals surface area contributed by atoms with Gasteiger partial charge in [-0.3, -0.25) is 14.4 Å². The first kappa shape index (κ1) is 40.7. The highest BCUT2D eigenvalue weighted by atomic mass is 35.5. The van der Waals surface area contributed by atoms with E-state index in [-0.39, 0.29) is 12.4 Å². The van der Waals surface area contributed by atoms with E-state index in [1.807, 2.05) is 0 Å². The third-order valence-electron chi connectivity index (χ3n) is 8.09. The zero-order valence-corrected chi connectivity index (χ0v) is 28.8. The Labute approximate surface area is 254 Å². The third kappa shape index (κ3) is 25.0. The van der Waals surface area contributed by atoms with Crippen molar-refractivity contribution in [3.8, 4) is 0 Å². The Bertz CT molecular complexity index is 434. The maximum Gasteiger partial charge on any atom is 0.350 e. The van der Waals surface area contributed by atoms with E-state index < -0.39 is 0 Å². The highest BCUT2D eigenvalue weighted by molar-refractivity contribution is 5.75. The smallest absolute Gasteiger partial charge is 0.350 e. The van der Waals surface area contributed by atoms with Gasteiger partial charge in [0.2, 0.25) is 0 Å². The lowest BCUT2D eigenvalue weighted by molar-refractivity contribution is -0.476. The molecule has 0 aliphatic heterocycles. The summed E-state index contributed by atoms with van der Waals surface area (Å²) in [5, 5.41) is 0. The molecule has 0 saturated heterocycles. The van der Waals surface area contributed by atoms with Crippen molar-refractivity contribution in [3.63, 3.8) is 0 Å². The van der Waals surface area contributed by atoms with Gasteiger partial charge in [-0.2, -0.15) is 0 Å². The Morgan fingerprint density at radius 2 is 0.564 bits per heavy atom. The van der Waals surface area contributed by atoms with Crippen LogP contribution in [-0.2, 0) is 0 Å². The second kappa shape index (κ2) is 32.1. The second-order valence-electron chi connectivity index (χ2n) is 12.2. The number of nitrogens with zero attached hydrogens (tertiary/aromatic N) is 3. The number of hydrogen-bond acceptors (Lipinski definition) is 0. The van der Waals surface area contributed by atoms with Gasteiger partial charge >= 0.3 is 5.96 Å². The minimum absolute atomic E-state index is 0. The lowest BCUT2D eigenvalue weighted by atomic mass is 10.1. The molecule has 0 heterocycles. The standard InChI is InChI=1S/C35H74N3.ClH/c1-7-11-15-19-23-27-31-37(32-28-24-20-16-12-8-2)35(36(5)6)38(33-29-25-21-17-13-9-3)34-30-26-22-18-14-10-4;/h7-34H2,1-6H3;1H/q+1;/p-1. The molecule has 0 fully saturated rings. The van der Waals surface area contributed by atoms with Crippen LogP contribution in [0.5, 0.6) is 0 Å². The molecular formula is C35H74ClN3. The summed E-state index contributed by atoms with van der Waals surface area (Å²) in [4.78, 5) is 5.60. The molecule has 0 radical (unpaired) electrons. The van der Waals surface area contributed by atoms with Gasteiger partial charge < -0.3 is 12.4 Å². The summed E-state index contributed by atoms with van der Waals surface area (Å²) >= 11 is 0. The van der Waals surface area contributed by atoms with Crippen LogP contribution in [0.15, 0.2) is 0 Å². The van der Waals surface area contributed by atoms with Crippen molar-refractivity contribution in [2.24, 2.45) is 0 Å². The van der Waals surface area contributed by atoms with Crippen LogP contribution in [0.25, 0.3) is 0 Å². The molecule has 39 heavy (non-hydrogen) atoms. The number of hydrogen-bond donors (Lipinski definition) is 0. The largest absolute Gasteiger partial charge is 1.00 e. The number of rotatable bonds is 28. The first-order valence-corrected chi connectivity index (χ1v) is 17.7. The van der Waals surface area contributed by atoms with Crippen LogP contribution >= 0.6 is 0 Å². The molecule has 0 N–H and O–H groups in total. The molecule has 236 valence electrons. The molecule has 0 aliphatic carbocycles. The molecule has 4 heteroatoms. The summed E-state index contributed by atoms with van der Waals surface area (Å²) < 4.78 is 2.46. The molecule has 0 aromatic heterocycles. The molecule has 0 rings (SSSR count). The van der Waals surface area contributed by atoms with Crippen LogP contribution in [0.3, 0.4) is 0 Å². The quantitative estimate of drug-likeness (QED) is 0.0412. The third-order valence-corrected chi connectivity index (χ3v) is 8.09. The van der Waals surface area contributed by atoms with Gasteiger partial charge in [-0.15, -0.1) is 0 Å². The Morgan fingerprint density at radius 3 is 0.769 bits per heavy atom. The average Bonchev–Trinajstić information content (AvgIpc) is 2.91. The SMILES string of the molecule is CCCCCCCCN(CCCCCCCC)C(N(CCCCCCCC)CCCCCCCC)=[N+](C)C.[Cl-]. The van der Waals surface area contributed by atoms with E-state index in [4.69, 9.17) is 0 Å². The fraction of sp³-hybridized carbons (Fsp3) is 0.971. The molecule has 0 amide bonds. The predicted octanol–water partition coefficient (Wildman–Crippen LogP) is 7.66. The van der Waals surface area contributed by atoms with E-state index in [9.17, 15) is 0 Å². The molecule has 0 unspecified atom stereocenters. The van der Waals surface area contributed by atoms with Gasteiger partial charge in [0.25, 0.3) is 0 Å². The number of guanidine groups is 1. The molecule has 0 spiro atoms. The molecular weight excluding hydrogens is 498 g/mol. The second-order valence-corrected chi connectivity index (χ2v) is 12.2. The summed E-state index contributed by atoms with van der Waals surface area (Å²) in [6.07, 6.45) is 33.2. The summed E-state index contributed by atoms with van der Waals surface area (Å²) in [6, 6.07) is 0. The molecule has 0 bridgehead atoms. The van der Waals surface area contributed by atoms with Crippen molar-refractivity contribution in [2.45, 2.75) is 182 Å². The van der Waals surface area contributed by atoms with Gasteiger partial charge in [-0.25, -0.2) is 0 Å². The molecule has 0 atom stereocenters. The fourth-order valence-corrected chi connectivity index (χ4v) is 5.72. The van der Waals surface area contributed by atoms with Gasteiger partial charge in [0.05, 0.1) is 40.3 Å².